The van der Waals surface area contributed by atoms with E-state index in [1.165, 1.54) is 4.90 Å². The number of amides is 3. The van der Waals surface area contributed by atoms with Gasteiger partial charge in [0.15, 0.2) is 0 Å². The molecule has 0 aromatic heterocycles. The van der Waals surface area contributed by atoms with Crippen molar-refractivity contribution in [3.05, 3.63) is 65.2 Å². The Morgan fingerprint density at radius 1 is 1.00 bits per heavy atom. The van der Waals surface area contributed by atoms with E-state index >= 15 is 0 Å². The summed E-state index contributed by atoms with van der Waals surface area (Å²) in [4.78, 5) is 40.5. The molecule has 2 unspecified atom stereocenters. The molecule has 1 N–H and O–H groups in total. The molecule has 0 heterocycles. The molecule has 158 valence electrons. The summed E-state index contributed by atoms with van der Waals surface area (Å²) in [6.45, 7) is 4.99. The Morgan fingerprint density at radius 3 is 2.23 bits per heavy atom. The lowest BCUT2D eigenvalue weighted by Gasteiger charge is -2.22. The van der Waals surface area contributed by atoms with Gasteiger partial charge in [-0.1, -0.05) is 25.1 Å². The largest absolute Gasteiger partial charge is 0.345 e. The first-order chi connectivity index (χ1) is 14.3. The van der Waals surface area contributed by atoms with E-state index in [4.69, 9.17) is 0 Å². The summed E-state index contributed by atoms with van der Waals surface area (Å²) in [6, 6.07) is 14.4. The van der Waals surface area contributed by atoms with Crippen molar-refractivity contribution in [1.29, 1.82) is 0 Å². The van der Waals surface area contributed by atoms with Crippen molar-refractivity contribution in [3.63, 3.8) is 0 Å². The molecule has 2 atom stereocenters. The van der Waals surface area contributed by atoms with Crippen LogP contribution in [-0.4, -0.2) is 48.2 Å². The van der Waals surface area contributed by atoms with Gasteiger partial charge in [0.25, 0.3) is 11.8 Å². The second kappa shape index (κ2) is 9.11. The van der Waals surface area contributed by atoms with Crippen LogP contribution in [0.4, 0.5) is 5.69 Å². The smallest absolute Gasteiger partial charge is 0.254 e. The van der Waals surface area contributed by atoms with Crippen molar-refractivity contribution in [2.75, 3.05) is 26.0 Å². The van der Waals surface area contributed by atoms with Crippen LogP contribution in [0.15, 0.2) is 48.5 Å². The third kappa shape index (κ3) is 5.06. The van der Waals surface area contributed by atoms with Crippen LogP contribution in [-0.2, 0) is 11.3 Å². The molecular formula is C24H29N3O3. The average Bonchev–Trinajstić information content (AvgIpc) is 3.48. The molecule has 2 aromatic carbocycles. The highest BCUT2D eigenvalue weighted by molar-refractivity contribution is 5.98. The highest BCUT2D eigenvalue weighted by Gasteiger charge is 2.39. The number of nitrogens with zero attached hydrogens (tertiary/aromatic N) is 2. The van der Waals surface area contributed by atoms with Gasteiger partial charge in [-0.15, -0.1) is 0 Å². The number of anilines is 1. The van der Waals surface area contributed by atoms with Crippen LogP contribution in [0.5, 0.6) is 0 Å². The van der Waals surface area contributed by atoms with E-state index in [9.17, 15) is 14.4 Å². The van der Waals surface area contributed by atoms with Crippen LogP contribution in [0.1, 0.15) is 46.5 Å². The Morgan fingerprint density at radius 2 is 1.67 bits per heavy atom. The van der Waals surface area contributed by atoms with Crippen molar-refractivity contribution in [2.24, 2.45) is 11.8 Å². The molecule has 0 spiro atoms. The number of hydrogen-bond acceptors (Lipinski definition) is 3. The van der Waals surface area contributed by atoms with Crippen LogP contribution in [0, 0.1) is 11.8 Å². The minimum atomic E-state index is -0.0955. The van der Waals surface area contributed by atoms with Gasteiger partial charge in [0.1, 0.15) is 0 Å². The third-order valence-electron chi connectivity index (χ3n) is 5.47. The Labute approximate surface area is 177 Å². The topological polar surface area (TPSA) is 69.7 Å². The van der Waals surface area contributed by atoms with Crippen molar-refractivity contribution in [2.45, 2.75) is 26.8 Å². The molecule has 6 heteroatoms. The van der Waals surface area contributed by atoms with Gasteiger partial charge in [0.2, 0.25) is 5.91 Å². The van der Waals surface area contributed by atoms with Gasteiger partial charge >= 0.3 is 0 Å². The van der Waals surface area contributed by atoms with Gasteiger partial charge in [-0.05, 0) is 55.2 Å². The van der Waals surface area contributed by atoms with Crippen LogP contribution in [0.25, 0.3) is 0 Å². The van der Waals surface area contributed by atoms with E-state index in [1.807, 2.05) is 19.1 Å². The summed E-state index contributed by atoms with van der Waals surface area (Å²) in [5.74, 6) is 0.390. The Hall–Kier alpha value is -3.15. The highest BCUT2D eigenvalue weighted by atomic mass is 16.2. The third-order valence-corrected chi connectivity index (χ3v) is 5.47. The molecular weight excluding hydrogens is 378 g/mol. The molecule has 0 saturated heterocycles. The first kappa shape index (κ1) is 21.6. The molecule has 1 saturated carbocycles. The van der Waals surface area contributed by atoms with Crippen LogP contribution in [0.2, 0.25) is 0 Å². The minimum absolute atomic E-state index is 0.0202. The standard InChI is InChI=1S/C24H29N3O3/c1-5-27(15-17-9-11-18(12-10-17)23(29)26(3)4)24(30)19-7-6-8-20(14-19)25-22(28)21-13-16(21)2/h6-12,14,16,21H,5,13,15H2,1-4H3,(H,25,28). The summed E-state index contributed by atoms with van der Waals surface area (Å²) in [5, 5.41) is 2.92. The Bertz CT molecular complexity index is 937. The van der Waals surface area contributed by atoms with Crippen molar-refractivity contribution in [1.82, 2.24) is 9.80 Å². The van der Waals surface area contributed by atoms with E-state index in [0.717, 1.165) is 12.0 Å². The molecule has 6 nitrogen and oxygen atoms in total. The van der Waals surface area contributed by atoms with E-state index in [-0.39, 0.29) is 23.6 Å². The predicted molar refractivity (Wildman–Crippen MR) is 117 cm³/mol. The van der Waals surface area contributed by atoms with Crippen LogP contribution in [0.3, 0.4) is 0 Å². The molecule has 0 bridgehead atoms. The quantitative estimate of drug-likeness (QED) is 0.762. The normalized spacial score (nSPS) is 17.2. The number of benzene rings is 2. The van der Waals surface area contributed by atoms with Gasteiger partial charge in [0.05, 0.1) is 0 Å². The minimum Gasteiger partial charge on any atom is -0.345 e. The molecule has 1 aliphatic carbocycles. The fourth-order valence-electron chi connectivity index (χ4n) is 3.39. The summed E-state index contributed by atoms with van der Waals surface area (Å²) in [7, 11) is 3.44. The summed E-state index contributed by atoms with van der Waals surface area (Å²) in [6.07, 6.45) is 0.924. The van der Waals surface area contributed by atoms with Gasteiger partial charge < -0.3 is 15.1 Å². The maximum absolute atomic E-state index is 13.0. The first-order valence-corrected chi connectivity index (χ1v) is 10.3. The number of carbonyl (C=O) groups excluding carboxylic acids is 3. The second-order valence-electron chi connectivity index (χ2n) is 8.11. The van der Waals surface area contributed by atoms with Gasteiger partial charge in [-0.3, -0.25) is 14.4 Å². The number of rotatable bonds is 7. The maximum Gasteiger partial charge on any atom is 0.254 e. The fraction of sp³-hybridized carbons (Fsp3) is 0.375. The molecule has 30 heavy (non-hydrogen) atoms. The summed E-state index contributed by atoms with van der Waals surface area (Å²) in [5.41, 5.74) is 2.75. The molecule has 0 aliphatic heterocycles. The summed E-state index contributed by atoms with van der Waals surface area (Å²) < 4.78 is 0. The van der Waals surface area contributed by atoms with E-state index in [1.54, 1.807) is 55.4 Å². The fourth-order valence-corrected chi connectivity index (χ4v) is 3.39. The number of hydrogen-bond donors (Lipinski definition) is 1. The van der Waals surface area contributed by atoms with Crippen molar-refractivity contribution >= 4 is 23.4 Å². The van der Waals surface area contributed by atoms with E-state index < -0.39 is 0 Å². The SMILES string of the molecule is CCN(Cc1ccc(C(=O)N(C)C)cc1)C(=O)c1cccc(NC(=O)C2CC2C)c1. The second-order valence-corrected chi connectivity index (χ2v) is 8.11. The lowest BCUT2D eigenvalue weighted by Crippen LogP contribution is -2.30. The number of nitrogens with one attached hydrogen (secondary N) is 1. The zero-order valence-electron chi connectivity index (χ0n) is 18.0. The molecule has 1 fully saturated rings. The Balaban J connectivity index is 1.68. The predicted octanol–water partition coefficient (Wildman–Crippen LogP) is 3.65. The van der Waals surface area contributed by atoms with Gasteiger partial charge in [-0.2, -0.15) is 0 Å². The average molecular weight is 408 g/mol. The molecule has 3 rings (SSSR count). The highest BCUT2D eigenvalue weighted by Crippen LogP contribution is 2.38. The lowest BCUT2D eigenvalue weighted by molar-refractivity contribution is -0.117. The Kier molecular flexibility index (Phi) is 6.55. The molecule has 3 amide bonds. The first-order valence-electron chi connectivity index (χ1n) is 10.3. The van der Waals surface area contributed by atoms with Gasteiger partial charge in [0, 0.05) is 49.9 Å². The molecule has 1 aliphatic rings. The maximum atomic E-state index is 13.0. The zero-order valence-corrected chi connectivity index (χ0v) is 18.0. The van der Waals surface area contributed by atoms with E-state index in [0.29, 0.717) is 35.8 Å². The zero-order chi connectivity index (χ0) is 21.8. The van der Waals surface area contributed by atoms with Crippen LogP contribution < -0.4 is 5.32 Å². The van der Waals surface area contributed by atoms with Crippen molar-refractivity contribution < 1.29 is 14.4 Å². The molecule has 0 radical (unpaired) electrons. The van der Waals surface area contributed by atoms with Crippen LogP contribution >= 0.6 is 0 Å². The van der Waals surface area contributed by atoms with E-state index in [2.05, 4.69) is 12.2 Å². The van der Waals surface area contributed by atoms with Gasteiger partial charge in [-0.25, -0.2) is 0 Å². The van der Waals surface area contributed by atoms with Crippen molar-refractivity contribution in [3.8, 4) is 0 Å². The monoisotopic (exact) mass is 407 g/mol. The lowest BCUT2D eigenvalue weighted by atomic mass is 10.1. The molecule has 2 aromatic rings. The number of carbonyl (C=O) groups is 3. The summed E-state index contributed by atoms with van der Waals surface area (Å²) >= 11 is 0.